The first kappa shape index (κ1) is 13.9. The van der Waals surface area contributed by atoms with Crippen LogP contribution in [0.25, 0.3) is 0 Å². The first-order chi connectivity index (χ1) is 9.66. The summed E-state index contributed by atoms with van der Waals surface area (Å²) in [7, 11) is 0. The zero-order valence-corrected chi connectivity index (χ0v) is 11.2. The molecule has 0 radical (unpaired) electrons. The summed E-state index contributed by atoms with van der Waals surface area (Å²) < 4.78 is 4.89. The fraction of sp³-hybridized carbons (Fsp3) is 0. The zero-order valence-electron chi connectivity index (χ0n) is 10.4. The highest BCUT2D eigenvalue weighted by Gasteiger charge is 2.13. The molecule has 4 nitrogen and oxygen atoms in total. The molecule has 1 N–H and O–H groups in total. The lowest BCUT2D eigenvalue weighted by Gasteiger charge is -2.07. The number of benzene rings is 2. The minimum atomic E-state index is -0.607. The minimum absolute atomic E-state index is 0.271. The number of carbonyl (C=O) groups excluding carboxylic acids is 2. The number of ether oxygens (including phenoxy) is 1. The second-order valence-electron chi connectivity index (χ2n) is 3.86. The third kappa shape index (κ3) is 3.73. The van der Waals surface area contributed by atoms with E-state index in [1.165, 1.54) is 0 Å². The Kier molecular flexibility index (Phi) is 4.57. The van der Waals surface area contributed by atoms with Crippen LogP contribution in [-0.4, -0.2) is 17.1 Å². The van der Waals surface area contributed by atoms with Crippen molar-refractivity contribution in [2.45, 2.75) is 0 Å². The second-order valence-corrected chi connectivity index (χ2v) is 4.23. The van der Waals surface area contributed by atoms with Gasteiger partial charge in [0.25, 0.3) is 11.1 Å². The fourth-order valence-electron chi connectivity index (χ4n) is 1.50. The molecule has 0 aromatic heterocycles. The van der Waals surface area contributed by atoms with E-state index in [9.17, 15) is 9.59 Å². The molecule has 0 heterocycles. The minimum Gasteiger partial charge on any atom is -0.395 e. The van der Waals surface area contributed by atoms with Crippen LogP contribution in [0.15, 0.2) is 60.7 Å². The molecule has 0 saturated heterocycles. The van der Waals surface area contributed by atoms with E-state index < -0.39 is 11.9 Å². The molecular weight excluding hydrogens is 274 g/mol. The Labute approximate surface area is 121 Å². The summed E-state index contributed by atoms with van der Waals surface area (Å²) in [5, 5.41) is 2.08. The zero-order chi connectivity index (χ0) is 14.4. The molecule has 0 fully saturated rings. The summed E-state index contributed by atoms with van der Waals surface area (Å²) >= 11 is 4.83. The Morgan fingerprint density at radius 3 is 1.90 bits per heavy atom. The fourth-order valence-corrected chi connectivity index (χ4v) is 1.67. The Bertz CT molecular complexity index is 571. The van der Waals surface area contributed by atoms with E-state index in [2.05, 4.69) is 5.32 Å². The molecule has 2 aromatic carbocycles. The van der Waals surface area contributed by atoms with Gasteiger partial charge in [-0.2, -0.15) is 0 Å². The molecule has 1 amide bonds. The van der Waals surface area contributed by atoms with E-state index in [1.807, 2.05) is 0 Å². The van der Waals surface area contributed by atoms with Crippen LogP contribution in [-0.2, 0) is 4.74 Å². The molecular formula is C15H11NO3S. The monoisotopic (exact) mass is 285 g/mol. The Hall–Kier alpha value is -2.53. The quantitative estimate of drug-likeness (QED) is 0.680. The smallest absolute Gasteiger partial charge is 0.345 e. The first-order valence-corrected chi connectivity index (χ1v) is 6.25. The van der Waals surface area contributed by atoms with E-state index in [-0.39, 0.29) is 5.17 Å². The molecule has 100 valence electrons. The molecule has 0 aliphatic carbocycles. The van der Waals surface area contributed by atoms with Crippen molar-refractivity contribution in [3.05, 3.63) is 71.8 Å². The van der Waals surface area contributed by atoms with E-state index in [0.717, 1.165) is 0 Å². The standard InChI is InChI=1S/C15H11NO3S/c17-13(11-7-3-1-4-8-11)16-15(20)19-14(18)12-9-5-2-6-10-12/h1-10H,(H,16,17,20). The van der Waals surface area contributed by atoms with Gasteiger partial charge in [-0.1, -0.05) is 36.4 Å². The molecule has 0 saturated carbocycles. The number of rotatable bonds is 2. The van der Waals surface area contributed by atoms with Crippen molar-refractivity contribution in [3.8, 4) is 0 Å². The first-order valence-electron chi connectivity index (χ1n) is 5.84. The van der Waals surface area contributed by atoms with Crippen LogP contribution in [0.2, 0.25) is 0 Å². The van der Waals surface area contributed by atoms with Gasteiger partial charge < -0.3 is 4.74 Å². The third-order valence-electron chi connectivity index (χ3n) is 2.45. The number of hydrogen-bond donors (Lipinski definition) is 1. The Morgan fingerprint density at radius 1 is 0.850 bits per heavy atom. The Morgan fingerprint density at radius 2 is 1.35 bits per heavy atom. The van der Waals surface area contributed by atoms with Crippen LogP contribution in [0.4, 0.5) is 0 Å². The van der Waals surface area contributed by atoms with Crippen LogP contribution >= 0.6 is 12.2 Å². The summed E-state index contributed by atoms with van der Waals surface area (Å²) in [4.78, 5) is 23.5. The van der Waals surface area contributed by atoms with Gasteiger partial charge in [0.1, 0.15) is 0 Å². The van der Waals surface area contributed by atoms with Crippen LogP contribution in [0, 0.1) is 0 Å². The van der Waals surface area contributed by atoms with Gasteiger partial charge in [0.05, 0.1) is 5.56 Å². The third-order valence-corrected chi connectivity index (χ3v) is 2.63. The summed E-state index contributed by atoms with van der Waals surface area (Å²) in [6.07, 6.45) is 0. The molecule has 0 spiro atoms. The number of carbonyl (C=O) groups is 2. The average molecular weight is 285 g/mol. The van der Waals surface area contributed by atoms with E-state index in [1.54, 1.807) is 60.7 Å². The van der Waals surface area contributed by atoms with Gasteiger partial charge in [0, 0.05) is 5.56 Å². The maximum Gasteiger partial charge on any atom is 0.345 e. The topological polar surface area (TPSA) is 55.4 Å². The van der Waals surface area contributed by atoms with Crippen molar-refractivity contribution < 1.29 is 14.3 Å². The predicted molar refractivity (Wildman–Crippen MR) is 78.4 cm³/mol. The molecule has 0 atom stereocenters. The van der Waals surface area contributed by atoms with Crippen molar-refractivity contribution >= 4 is 29.3 Å². The lowest BCUT2D eigenvalue weighted by Crippen LogP contribution is -2.32. The molecule has 0 aliphatic rings. The second kappa shape index (κ2) is 6.58. The lowest BCUT2D eigenvalue weighted by atomic mass is 10.2. The van der Waals surface area contributed by atoms with Crippen molar-refractivity contribution in [3.63, 3.8) is 0 Å². The average Bonchev–Trinajstić information content (AvgIpc) is 2.49. The number of esters is 1. The summed E-state index contributed by atoms with van der Waals surface area (Å²) in [6.45, 7) is 0. The highest BCUT2D eigenvalue weighted by atomic mass is 32.1. The predicted octanol–water partition coefficient (Wildman–Crippen LogP) is 2.56. The van der Waals surface area contributed by atoms with Crippen molar-refractivity contribution in [1.29, 1.82) is 0 Å². The summed E-state index contributed by atoms with van der Waals surface area (Å²) in [5.74, 6) is -1.03. The molecule has 0 aliphatic heterocycles. The van der Waals surface area contributed by atoms with Crippen LogP contribution < -0.4 is 5.32 Å². The molecule has 0 unspecified atom stereocenters. The number of thiocarbonyl (C=S) groups is 1. The highest BCUT2D eigenvalue weighted by molar-refractivity contribution is 7.80. The lowest BCUT2D eigenvalue weighted by molar-refractivity contribution is 0.0712. The van der Waals surface area contributed by atoms with Crippen LogP contribution in [0.3, 0.4) is 0 Å². The summed E-state index contributed by atoms with van der Waals surface area (Å²) in [5.41, 5.74) is 0.800. The van der Waals surface area contributed by atoms with Crippen LogP contribution in [0.1, 0.15) is 20.7 Å². The largest absolute Gasteiger partial charge is 0.395 e. The van der Waals surface area contributed by atoms with Gasteiger partial charge in [0.15, 0.2) is 0 Å². The number of nitrogens with one attached hydrogen (secondary N) is 1. The van der Waals surface area contributed by atoms with Crippen molar-refractivity contribution in [1.82, 2.24) is 5.32 Å². The SMILES string of the molecule is O=C(NC(=S)OC(=O)c1ccccc1)c1ccccc1. The van der Waals surface area contributed by atoms with Gasteiger partial charge in [-0.25, -0.2) is 4.79 Å². The van der Waals surface area contributed by atoms with Crippen LogP contribution in [0.5, 0.6) is 0 Å². The maximum atomic E-state index is 11.8. The van der Waals surface area contributed by atoms with Gasteiger partial charge in [-0.05, 0) is 36.5 Å². The molecule has 5 heteroatoms. The molecule has 0 bridgehead atoms. The van der Waals surface area contributed by atoms with Gasteiger partial charge in [-0.15, -0.1) is 0 Å². The molecule has 20 heavy (non-hydrogen) atoms. The van der Waals surface area contributed by atoms with Gasteiger partial charge in [0.2, 0.25) is 0 Å². The highest BCUT2D eigenvalue weighted by Crippen LogP contribution is 2.02. The molecule has 2 aromatic rings. The summed E-state index contributed by atoms with van der Waals surface area (Å²) in [6, 6.07) is 16.9. The van der Waals surface area contributed by atoms with E-state index in [0.29, 0.717) is 11.1 Å². The number of amides is 1. The van der Waals surface area contributed by atoms with Gasteiger partial charge in [-0.3, -0.25) is 10.1 Å². The Balaban J connectivity index is 1.93. The maximum absolute atomic E-state index is 11.8. The van der Waals surface area contributed by atoms with Gasteiger partial charge >= 0.3 is 5.97 Å². The number of hydrogen-bond acceptors (Lipinski definition) is 4. The van der Waals surface area contributed by atoms with Crippen molar-refractivity contribution in [2.24, 2.45) is 0 Å². The van der Waals surface area contributed by atoms with E-state index >= 15 is 0 Å². The normalized spacial score (nSPS) is 9.60. The molecule has 2 rings (SSSR count). The van der Waals surface area contributed by atoms with E-state index in [4.69, 9.17) is 17.0 Å². The van der Waals surface area contributed by atoms with Crippen molar-refractivity contribution in [2.75, 3.05) is 0 Å².